The van der Waals surface area contributed by atoms with Gasteiger partial charge in [0.1, 0.15) is 11.5 Å². The van der Waals surface area contributed by atoms with Gasteiger partial charge in [-0.15, -0.1) is 0 Å². The zero-order valence-corrected chi connectivity index (χ0v) is 14.1. The van der Waals surface area contributed by atoms with Gasteiger partial charge in [0.05, 0.1) is 13.1 Å². The fourth-order valence-electron chi connectivity index (χ4n) is 3.03. The van der Waals surface area contributed by atoms with Gasteiger partial charge < -0.3 is 14.6 Å². The van der Waals surface area contributed by atoms with E-state index in [1.54, 1.807) is 0 Å². The second-order valence-corrected chi connectivity index (χ2v) is 7.01. The third-order valence-corrected chi connectivity index (χ3v) is 4.05. The van der Waals surface area contributed by atoms with Gasteiger partial charge in [-0.25, -0.2) is 0 Å². The molecule has 1 aliphatic heterocycles. The molecule has 0 bridgehead atoms. The van der Waals surface area contributed by atoms with Crippen LogP contribution >= 0.6 is 0 Å². The van der Waals surface area contributed by atoms with E-state index >= 15 is 0 Å². The molecule has 4 heteroatoms. The minimum atomic E-state index is 0.676. The molecule has 0 saturated carbocycles. The Balaban J connectivity index is 1.71. The van der Waals surface area contributed by atoms with Crippen molar-refractivity contribution in [2.24, 2.45) is 11.8 Å². The Bertz CT molecular complexity index is 416. The summed E-state index contributed by atoms with van der Waals surface area (Å²) in [5.74, 6) is 3.60. The zero-order chi connectivity index (χ0) is 15.2. The topological polar surface area (TPSA) is 31.6 Å². The largest absolute Gasteiger partial charge is 0.463 e. The Morgan fingerprint density at radius 3 is 2.81 bits per heavy atom. The highest BCUT2D eigenvalue weighted by atomic mass is 16.3. The monoisotopic (exact) mass is 293 g/mol. The van der Waals surface area contributed by atoms with Gasteiger partial charge in [0.25, 0.3) is 0 Å². The van der Waals surface area contributed by atoms with Gasteiger partial charge in [-0.05, 0) is 57.6 Å². The van der Waals surface area contributed by atoms with Crippen LogP contribution in [0.15, 0.2) is 16.5 Å². The highest BCUT2D eigenvalue weighted by molar-refractivity contribution is 5.07. The number of nitrogens with zero attached hydrogens (tertiary/aromatic N) is 2. The quantitative estimate of drug-likeness (QED) is 0.797. The molecule has 1 aromatic rings. The molecule has 2 rings (SSSR count). The van der Waals surface area contributed by atoms with Crippen molar-refractivity contribution in [2.45, 2.75) is 33.4 Å². The molecular formula is C17H31N3O. The summed E-state index contributed by atoms with van der Waals surface area (Å²) >= 11 is 0. The third kappa shape index (κ3) is 5.81. The number of rotatable bonds is 8. The maximum Gasteiger partial charge on any atom is 0.118 e. The Morgan fingerprint density at radius 1 is 1.38 bits per heavy atom. The average Bonchev–Trinajstić information content (AvgIpc) is 2.98. The molecule has 1 saturated heterocycles. The van der Waals surface area contributed by atoms with E-state index in [0.717, 1.165) is 43.6 Å². The Kier molecular flexibility index (Phi) is 6.27. The number of hydrogen-bond acceptors (Lipinski definition) is 4. The van der Waals surface area contributed by atoms with Crippen molar-refractivity contribution >= 4 is 0 Å². The van der Waals surface area contributed by atoms with Crippen LogP contribution < -0.4 is 5.32 Å². The van der Waals surface area contributed by atoms with Crippen LogP contribution in [0, 0.1) is 11.8 Å². The molecule has 1 aromatic heterocycles. The van der Waals surface area contributed by atoms with E-state index < -0.39 is 0 Å². The molecule has 0 spiro atoms. The Hall–Kier alpha value is -0.840. The standard InChI is InChI=1S/C17H31N3O/c1-14(2)9-18-10-16-5-6-17(21-16)13-20(4)12-15-7-8-19(3)11-15/h5-6,14-15,18H,7-13H2,1-4H3. The molecule has 21 heavy (non-hydrogen) atoms. The molecule has 0 aliphatic carbocycles. The van der Waals surface area contributed by atoms with E-state index in [-0.39, 0.29) is 0 Å². The minimum absolute atomic E-state index is 0.676. The Morgan fingerprint density at radius 2 is 2.14 bits per heavy atom. The first-order chi connectivity index (χ1) is 10.0. The van der Waals surface area contributed by atoms with E-state index in [4.69, 9.17) is 4.42 Å². The third-order valence-electron chi connectivity index (χ3n) is 4.05. The van der Waals surface area contributed by atoms with Gasteiger partial charge in [-0.1, -0.05) is 13.8 Å². The maximum absolute atomic E-state index is 5.91. The molecule has 0 amide bonds. The molecule has 0 radical (unpaired) electrons. The molecule has 1 N–H and O–H groups in total. The summed E-state index contributed by atoms with van der Waals surface area (Å²) in [6, 6.07) is 4.21. The van der Waals surface area contributed by atoms with Crippen molar-refractivity contribution in [1.29, 1.82) is 0 Å². The molecule has 1 fully saturated rings. The van der Waals surface area contributed by atoms with E-state index in [1.807, 2.05) is 0 Å². The Labute approximate surface area is 129 Å². The molecule has 2 heterocycles. The smallest absolute Gasteiger partial charge is 0.118 e. The van der Waals surface area contributed by atoms with Crippen LogP contribution in [0.25, 0.3) is 0 Å². The molecule has 4 nitrogen and oxygen atoms in total. The summed E-state index contributed by atoms with van der Waals surface area (Å²) in [6.45, 7) is 10.8. The number of hydrogen-bond donors (Lipinski definition) is 1. The molecule has 0 aromatic carbocycles. The fraction of sp³-hybridized carbons (Fsp3) is 0.765. The summed E-state index contributed by atoms with van der Waals surface area (Å²) < 4.78 is 5.91. The predicted octanol–water partition coefficient (Wildman–Crippen LogP) is 2.41. The van der Waals surface area contributed by atoms with Crippen molar-refractivity contribution in [3.63, 3.8) is 0 Å². The number of nitrogens with one attached hydrogen (secondary N) is 1. The first-order valence-corrected chi connectivity index (χ1v) is 8.18. The van der Waals surface area contributed by atoms with Crippen LogP contribution in [0.1, 0.15) is 31.8 Å². The van der Waals surface area contributed by atoms with Gasteiger partial charge in [0.2, 0.25) is 0 Å². The predicted molar refractivity (Wildman–Crippen MR) is 87.2 cm³/mol. The second kappa shape index (κ2) is 7.97. The van der Waals surface area contributed by atoms with Gasteiger partial charge >= 0.3 is 0 Å². The van der Waals surface area contributed by atoms with Crippen LogP contribution in [0.5, 0.6) is 0 Å². The summed E-state index contributed by atoms with van der Waals surface area (Å²) in [5, 5.41) is 3.42. The van der Waals surface area contributed by atoms with Crippen LogP contribution in [-0.4, -0.2) is 50.1 Å². The van der Waals surface area contributed by atoms with Gasteiger partial charge in [0, 0.05) is 13.1 Å². The van der Waals surface area contributed by atoms with E-state index in [1.165, 1.54) is 19.5 Å². The van der Waals surface area contributed by atoms with Gasteiger partial charge in [0.15, 0.2) is 0 Å². The average molecular weight is 293 g/mol. The lowest BCUT2D eigenvalue weighted by atomic mass is 10.1. The normalized spacial score (nSPS) is 20.0. The summed E-state index contributed by atoms with van der Waals surface area (Å²) in [4.78, 5) is 4.80. The van der Waals surface area contributed by atoms with Gasteiger partial charge in [-0.3, -0.25) is 4.90 Å². The zero-order valence-electron chi connectivity index (χ0n) is 14.1. The first-order valence-electron chi connectivity index (χ1n) is 8.18. The molecular weight excluding hydrogens is 262 g/mol. The molecule has 1 unspecified atom stereocenters. The maximum atomic E-state index is 5.91. The van der Waals surface area contributed by atoms with Gasteiger partial charge in [-0.2, -0.15) is 0 Å². The van der Waals surface area contributed by atoms with Crippen molar-refractivity contribution < 1.29 is 4.42 Å². The minimum Gasteiger partial charge on any atom is -0.463 e. The first kappa shape index (κ1) is 16.5. The van der Waals surface area contributed by atoms with E-state index in [2.05, 4.69) is 55.2 Å². The van der Waals surface area contributed by atoms with E-state index in [9.17, 15) is 0 Å². The van der Waals surface area contributed by atoms with Crippen LogP contribution in [0.2, 0.25) is 0 Å². The second-order valence-electron chi connectivity index (χ2n) is 7.01. The van der Waals surface area contributed by atoms with Crippen molar-refractivity contribution in [3.8, 4) is 0 Å². The molecule has 1 aliphatic rings. The van der Waals surface area contributed by atoms with Crippen molar-refractivity contribution in [1.82, 2.24) is 15.1 Å². The molecule has 1 atom stereocenters. The number of furan rings is 1. The molecule has 120 valence electrons. The summed E-state index contributed by atoms with van der Waals surface area (Å²) in [6.07, 6.45) is 1.32. The number of likely N-dealkylation sites (tertiary alicyclic amines) is 1. The lowest BCUT2D eigenvalue weighted by molar-refractivity contribution is 0.246. The van der Waals surface area contributed by atoms with E-state index in [0.29, 0.717) is 5.92 Å². The van der Waals surface area contributed by atoms with Crippen molar-refractivity contribution in [3.05, 3.63) is 23.7 Å². The van der Waals surface area contributed by atoms with Crippen LogP contribution in [-0.2, 0) is 13.1 Å². The highest BCUT2D eigenvalue weighted by Gasteiger charge is 2.21. The SMILES string of the molecule is CC(C)CNCc1ccc(CN(C)CC2CCN(C)C2)o1. The van der Waals surface area contributed by atoms with Crippen LogP contribution in [0.4, 0.5) is 0 Å². The highest BCUT2D eigenvalue weighted by Crippen LogP contribution is 2.17. The summed E-state index contributed by atoms with van der Waals surface area (Å²) in [5.41, 5.74) is 0. The van der Waals surface area contributed by atoms with Crippen LogP contribution in [0.3, 0.4) is 0 Å². The van der Waals surface area contributed by atoms with Crippen molar-refractivity contribution in [2.75, 3.05) is 40.3 Å². The summed E-state index contributed by atoms with van der Waals surface area (Å²) in [7, 11) is 4.40. The lowest BCUT2D eigenvalue weighted by Crippen LogP contribution is -2.26. The fourth-order valence-corrected chi connectivity index (χ4v) is 3.03. The lowest BCUT2D eigenvalue weighted by Gasteiger charge is -2.19.